The molecule has 1 atom stereocenters. The Hall–Kier alpha value is -3.78. The van der Waals surface area contributed by atoms with Crippen molar-refractivity contribution in [1.29, 1.82) is 0 Å². The van der Waals surface area contributed by atoms with E-state index in [0.29, 0.717) is 17.1 Å². The van der Waals surface area contributed by atoms with Gasteiger partial charge >= 0.3 is 5.97 Å². The van der Waals surface area contributed by atoms with Crippen molar-refractivity contribution in [2.75, 3.05) is 17.7 Å². The third-order valence-electron chi connectivity index (χ3n) is 4.66. The predicted molar refractivity (Wildman–Crippen MR) is 129 cm³/mol. The molecule has 0 radical (unpaired) electrons. The first-order valence-corrected chi connectivity index (χ1v) is 11.1. The Labute approximate surface area is 196 Å². The summed E-state index contributed by atoms with van der Waals surface area (Å²) in [4.78, 5) is 36.4. The van der Waals surface area contributed by atoms with E-state index in [1.807, 2.05) is 42.5 Å². The van der Waals surface area contributed by atoms with Crippen molar-refractivity contribution in [1.82, 2.24) is 0 Å². The van der Waals surface area contributed by atoms with Crippen LogP contribution in [0.1, 0.15) is 23.7 Å². The SMILES string of the molecule is COc1ccc(NC(=O)C(Sc2ccc(NC(=O)CCC(=O)O)cc2)c2ccccc2)cc1. The molecule has 0 aliphatic heterocycles. The number of carboxylic acids is 1. The lowest BCUT2D eigenvalue weighted by Gasteiger charge is -2.17. The van der Waals surface area contributed by atoms with Crippen LogP contribution in [0.25, 0.3) is 0 Å². The van der Waals surface area contributed by atoms with Crippen LogP contribution in [0, 0.1) is 0 Å². The maximum Gasteiger partial charge on any atom is 0.303 e. The van der Waals surface area contributed by atoms with Crippen molar-refractivity contribution in [3.8, 4) is 5.75 Å². The highest BCUT2D eigenvalue weighted by Crippen LogP contribution is 2.36. The van der Waals surface area contributed by atoms with Crippen molar-refractivity contribution >= 4 is 40.9 Å². The minimum atomic E-state index is -1.02. The predicted octanol–water partition coefficient (Wildman–Crippen LogP) is 4.97. The van der Waals surface area contributed by atoms with Gasteiger partial charge in [-0.2, -0.15) is 0 Å². The molecule has 3 aromatic rings. The number of hydrogen-bond acceptors (Lipinski definition) is 5. The van der Waals surface area contributed by atoms with Crippen molar-refractivity contribution in [2.45, 2.75) is 23.0 Å². The van der Waals surface area contributed by atoms with E-state index in [0.717, 1.165) is 10.5 Å². The average Bonchev–Trinajstić information content (AvgIpc) is 2.83. The van der Waals surface area contributed by atoms with Gasteiger partial charge in [0.05, 0.1) is 13.5 Å². The Balaban J connectivity index is 1.70. The molecular weight excluding hydrogens is 440 g/mol. The Morgan fingerprint density at radius 2 is 1.45 bits per heavy atom. The minimum Gasteiger partial charge on any atom is -0.497 e. The van der Waals surface area contributed by atoms with Crippen molar-refractivity contribution in [3.05, 3.63) is 84.4 Å². The molecule has 0 spiro atoms. The Kier molecular flexibility index (Phi) is 8.49. The summed E-state index contributed by atoms with van der Waals surface area (Å²) < 4.78 is 5.16. The number of hydrogen-bond donors (Lipinski definition) is 3. The van der Waals surface area contributed by atoms with E-state index in [1.165, 1.54) is 11.8 Å². The topological polar surface area (TPSA) is 105 Å². The second-order valence-electron chi connectivity index (χ2n) is 7.09. The smallest absolute Gasteiger partial charge is 0.303 e. The summed E-state index contributed by atoms with van der Waals surface area (Å²) in [5.41, 5.74) is 2.09. The monoisotopic (exact) mass is 464 g/mol. The number of ether oxygens (including phenoxy) is 1. The van der Waals surface area contributed by atoms with Crippen molar-refractivity contribution < 1.29 is 24.2 Å². The Morgan fingerprint density at radius 3 is 2.06 bits per heavy atom. The van der Waals surface area contributed by atoms with E-state index in [4.69, 9.17) is 9.84 Å². The van der Waals surface area contributed by atoms with Crippen LogP contribution in [-0.4, -0.2) is 30.0 Å². The van der Waals surface area contributed by atoms with E-state index in [9.17, 15) is 14.4 Å². The van der Waals surface area contributed by atoms with Gasteiger partial charge in [0.1, 0.15) is 11.0 Å². The maximum atomic E-state index is 13.1. The quantitative estimate of drug-likeness (QED) is 0.366. The highest BCUT2D eigenvalue weighted by Gasteiger charge is 2.22. The molecule has 0 saturated carbocycles. The molecule has 3 aromatic carbocycles. The molecular formula is C25H24N2O5S. The molecule has 0 bridgehead atoms. The largest absolute Gasteiger partial charge is 0.497 e. The third kappa shape index (κ3) is 7.40. The molecule has 0 heterocycles. The number of thioether (sulfide) groups is 1. The van der Waals surface area contributed by atoms with Crippen LogP contribution < -0.4 is 15.4 Å². The average molecular weight is 465 g/mol. The lowest BCUT2D eigenvalue weighted by Crippen LogP contribution is -2.19. The van der Waals surface area contributed by atoms with E-state index >= 15 is 0 Å². The third-order valence-corrected chi connectivity index (χ3v) is 5.92. The van der Waals surface area contributed by atoms with Gasteiger partial charge in [0, 0.05) is 22.7 Å². The molecule has 0 saturated heterocycles. The van der Waals surface area contributed by atoms with Gasteiger partial charge in [-0.3, -0.25) is 14.4 Å². The summed E-state index contributed by atoms with van der Waals surface area (Å²) in [7, 11) is 1.59. The van der Waals surface area contributed by atoms with E-state index in [2.05, 4.69) is 10.6 Å². The van der Waals surface area contributed by atoms with Crippen LogP contribution in [0.2, 0.25) is 0 Å². The summed E-state index contributed by atoms with van der Waals surface area (Å²) in [5.74, 6) is -0.838. The molecule has 2 amide bonds. The standard InChI is InChI=1S/C25H24N2O5S/c1-32-20-11-7-19(8-12-20)27-25(31)24(17-5-3-2-4-6-17)33-21-13-9-18(10-14-21)26-22(28)15-16-23(29)30/h2-14,24H,15-16H2,1H3,(H,26,28)(H,27,31)(H,29,30). The molecule has 0 aliphatic carbocycles. The van der Waals surface area contributed by atoms with E-state index < -0.39 is 11.2 Å². The summed E-state index contributed by atoms with van der Waals surface area (Å²) in [5, 5.41) is 13.8. The lowest BCUT2D eigenvalue weighted by atomic mass is 10.1. The van der Waals surface area contributed by atoms with E-state index in [-0.39, 0.29) is 24.7 Å². The van der Waals surface area contributed by atoms with Gasteiger partial charge in [0.2, 0.25) is 11.8 Å². The summed E-state index contributed by atoms with van der Waals surface area (Å²) in [6, 6.07) is 23.7. The van der Waals surface area contributed by atoms with Crippen LogP contribution in [0.5, 0.6) is 5.75 Å². The zero-order valence-corrected chi connectivity index (χ0v) is 18.8. The highest BCUT2D eigenvalue weighted by atomic mass is 32.2. The first kappa shape index (κ1) is 23.9. The number of nitrogens with one attached hydrogen (secondary N) is 2. The fraction of sp³-hybridized carbons (Fsp3) is 0.160. The summed E-state index contributed by atoms with van der Waals surface area (Å²) >= 11 is 1.39. The molecule has 7 nitrogen and oxygen atoms in total. The Morgan fingerprint density at radius 1 is 0.848 bits per heavy atom. The van der Waals surface area contributed by atoms with Crippen LogP contribution in [0.4, 0.5) is 11.4 Å². The molecule has 33 heavy (non-hydrogen) atoms. The first-order chi connectivity index (χ1) is 15.9. The number of carbonyl (C=O) groups excluding carboxylic acids is 2. The maximum absolute atomic E-state index is 13.1. The van der Waals surface area contributed by atoms with Crippen molar-refractivity contribution in [2.24, 2.45) is 0 Å². The van der Waals surface area contributed by atoms with Gasteiger partial charge in [-0.15, -0.1) is 11.8 Å². The van der Waals surface area contributed by atoms with Crippen LogP contribution in [-0.2, 0) is 14.4 Å². The fourth-order valence-electron chi connectivity index (χ4n) is 2.98. The second-order valence-corrected chi connectivity index (χ2v) is 8.27. The van der Waals surface area contributed by atoms with Crippen LogP contribution >= 0.6 is 11.8 Å². The number of anilines is 2. The number of rotatable bonds is 10. The number of carboxylic acid groups (broad SMARTS) is 1. The van der Waals surface area contributed by atoms with Gasteiger partial charge < -0.3 is 20.5 Å². The lowest BCUT2D eigenvalue weighted by molar-refractivity contribution is -0.138. The van der Waals surface area contributed by atoms with Crippen LogP contribution in [0.3, 0.4) is 0 Å². The van der Waals surface area contributed by atoms with Gasteiger partial charge in [-0.1, -0.05) is 30.3 Å². The van der Waals surface area contributed by atoms with Gasteiger partial charge in [0.25, 0.3) is 0 Å². The molecule has 3 N–H and O–H groups in total. The van der Waals surface area contributed by atoms with Gasteiger partial charge in [-0.05, 0) is 54.1 Å². The molecule has 170 valence electrons. The number of methoxy groups -OCH3 is 1. The minimum absolute atomic E-state index is 0.0898. The normalized spacial score (nSPS) is 11.3. The number of benzene rings is 3. The molecule has 0 aliphatic rings. The number of amides is 2. The molecule has 8 heteroatoms. The molecule has 0 fully saturated rings. The molecule has 0 aromatic heterocycles. The number of carbonyl (C=O) groups is 3. The fourth-order valence-corrected chi connectivity index (χ4v) is 4.00. The highest BCUT2D eigenvalue weighted by molar-refractivity contribution is 8.00. The zero-order chi connectivity index (χ0) is 23.6. The second kappa shape index (κ2) is 11.7. The Bertz CT molecular complexity index is 1090. The van der Waals surface area contributed by atoms with Gasteiger partial charge in [-0.25, -0.2) is 0 Å². The molecule has 1 unspecified atom stereocenters. The summed E-state index contributed by atoms with van der Waals surface area (Å²) in [6.07, 6.45) is -0.310. The van der Waals surface area contributed by atoms with E-state index in [1.54, 1.807) is 43.5 Å². The molecule has 3 rings (SSSR count). The number of aliphatic carboxylic acids is 1. The van der Waals surface area contributed by atoms with Crippen LogP contribution in [0.15, 0.2) is 83.8 Å². The zero-order valence-electron chi connectivity index (χ0n) is 18.0. The first-order valence-electron chi connectivity index (χ1n) is 10.2. The summed E-state index contributed by atoms with van der Waals surface area (Å²) in [6.45, 7) is 0. The van der Waals surface area contributed by atoms with Crippen molar-refractivity contribution in [3.63, 3.8) is 0 Å². The van der Waals surface area contributed by atoms with Gasteiger partial charge in [0.15, 0.2) is 0 Å².